The number of benzene rings is 1. The lowest BCUT2D eigenvalue weighted by Gasteiger charge is -2.35. The molecule has 1 N–H and O–H groups in total. The first-order valence-electron chi connectivity index (χ1n) is 8.86. The molecule has 7 nitrogen and oxygen atoms in total. The fourth-order valence-corrected chi connectivity index (χ4v) is 5.39. The van der Waals surface area contributed by atoms with E-state index in [1.54, 1.807) is 20.0 Å². The third-order valence-corrected chi connectivity index (χ3v) is 6.72. The minimum atomic E-state index is -3.58. The minimum absolute atomic E-state index is 0.0440. The normalized spacial score (nSPS) is 26.8. The van der Waals surface area contributed by atoms with Crippen LogP contribution in [-0.4, -0.2) is 54.9 Å². The van der Waals surface area contributed by atoms with Gasteiger partial charge in [0.15, 0.2) is 5.03 Å². The molecule has 0 amide bonds. The van der Waals surface area contributed by atoms with Gasteiger partial charge in [-0.15, -0.1) is 0 Å². The average molecular weight is 376 g/mol. The molecule has 0 saturated carbocycles. The maximum Gasteiger partial charge on any atom is 0.258 e. The van der Waals surface area contributed by atoms with Crippen LogP contribution in [0.5, 0.6) is 0 Å². The summed E-state index contributed by atoms with van der Waals surface area (Å²) in [6.45, 7) is 3.91. The number of fused-ring (bicyclic) bond motifs is 1. The highest BCUT2D eigenvalue weighted by molar-refractivity contribution is 7.89. The van der Waals surface area contributed by atoms with Crippen molar-refractivity contribution in [1.29, 1.82) is 0 Å². The second-order valence-corrected chi connectivity index (χ2v) is 8.80. The van der Waals surface area contributed by atoms with Crippen molar-refractivity contribution in [1.82, 2.24) is 19.4 Å². The maximum absolute atomic E-state index is 12.7. The van der Waals surface area contributed by atoms with Crippen LogP contribution in [0.15, 0.2) is 41.4 Å². The molecular weight excluding hydrogens is 352 g/mol. The van der Waals surface area contributed by atoms with E-state index in [0.29, 0.717) is 18.8 Å². The molecular formula is C18H24N4O3S. The Labute approximate surface area is 154 Å². The highest BCUT2D eigenvalue weighted by atomic mass is 32.2. The van der Waals surface area contributed by atoms with Gasteiger partial charge in [0, 0.05) is 32.2 Å². The Kier molecular flexibility index (Phi) is 4.60. The van der Waals surface area contributed by atoms with Gasteiger partial charge in [-0.05, 0) is 25.0 Å². The van der Waals surface area contributed by atoms with Crippen LogP contribution >= 0.6 is 0 Å². The molecule has 4 rings (SSSR count). The van der Waals surface area contributed by atoms with Crippen LogP contribution in [0.3, 0.4) is 0 Å². The smallest absolute Gasteiger partial charge is 0.258 e. The summed E-state index contributed by atoms with van der Waals surface area (Å²) in [5.41, 5.74) is 1.86. The predicted octanol–water partition coefficient (Wildman–Crippen LogP) is 1.22. The zero-order chi connectivity index (χ0) is 18.3. The minimum Gasteiger partial charge on any atom is -0.371 e. The molecule has 0 unspecified atom stereocenters. The average Bonchev–Trinajstić information content (AvgIpc) is 3.16. The Hall–Kier alpha value is -1.74. The van der Waals surface area contributed by atoms with Gasteiger partial charge in [0.2, 0.25) is 0 Å². The summed E-state index contributed by atoms with van der Waals surface area (Å²) in [6, 6.07) is 11.9. The molecule has 0 spiro atoms. The molecule has 2 aliphatic rings. The molecule has 1 aromatic carbocycles. The van der Waals surface area contributed by atoms with Gasteiger partial charge in [-0.25, -0.2) is 13.1 Å². The first-order chi connectivity index (χ1) is 12.4. The third-order valence-electron chi connectivity index (χ3n) is 5.15. The number of nitrogens with zero attached hydrogens (tertiary/aromatic N) is 3. The van der Waals surface area contributed by atoms with E-state index in [0.717, 1.165) is 13.0 Å². The molecule has 0 bridgehead atoms. The number of sulfonamides is 1. The molecule has 3 atom stereocenters. The number of hydrogen-bond acceptors (Lipinski definition) is 5. The SMILES string of the molecule is Cc1cc(S(=O)(=O)N[C@H]2C[C@H]3CO[C@@H](c4ccccc4)CN3C2)n(C)n1. The van der Waals surface area contributed by atoms with E-state index in [-0.39, 0.29) is 23.2 Å². The van der Waals surface area contributed by atoms with Gasteiger partial charge >= 0.3 is 0 Å². The number of rotatable bonds is 4. The summed E-state index contributed by atoms with van der Waals surface area (Å²) in [7, 11) is -1.93. The number of aryl methyl sites for hydroxylation is 2. The van der Waals surface area contributed by atoms with Crippen molar-refractivity contribution < 1.29 is 13.2 Å². The molecule has 0 aliphatic carbocycles. The van der Waals surface area contributed by atoms with Gasteiger partial charge in [0.1, 0.15) is 0 Å². The monoisotopic (exact) mass is 376 g/mol. The van der Waals surface area contributed by atoms with E-state index in [1.807, 2.05) is 18.2 Å². The van der Waals surface area contributed by atoms with Crippen molar-refractivity contribution in [2.45, 2.75) is 36.6 Å². The summed E-state index contributed by atoms with van der Waals surface area (Å²) >= 11 is 0. The summed E-state index contributed by atoms with van der Waals surface area (Å²) in [5, 5.41) is 4.34. The zero-order valence-corrected chi connectivity index (χ0v) is 15.8. The Morgan fingerprint density at radius 2 is 2.00 bits per heavy atom. The van der Waals surface area contributed by atoms with Crippen molar-refractivity contribution in [3.05, 3.63) is 47.7 Å². The standard InChI is InChI=1S/C18H24N4O3S/c1-13-8-18(21(2)19-13)26(23,24)20-15-9-16-12-25-17(11-22(16)10-15)14-6-4-3-5-7-14/h3-8,15-17,20H,9-12H2,1-2H3/t15-,16-,17+/m0/s1. The molecule has 2 fully saturated rings. The van der Waals surface area contributed by atoms with E-state index >= 15 is 0 Å². The van der Waals surface area contributed by atoms with Gasteiger partial charge in [-0.1, -0.05) is 30.3 Å². The van der Waals surface area contributed by atoms with E-state index < -0.39 is 10.0 Å². The molecule has 2 aliphatic heterocycles. The zero-order valence-electron chi connectivity index (χ0n) is 15.0. The number of aromatic nitrogens is 2. The summed E-state index contributed by atoms with van der Waals surface area (Å²) in [5.74, 6) is 0. The number of nitrogens with one attached hydrogen (secondary N) is 1. The van der Waals surface area contributed by atoms with Crippen LogP contribution in [0.2, 0.25) is 0 Å². The van der Waals surface area contributed by atoms with Crippen LogP contribution in [0.1, 0.15) is 23.8 Å². The van der Waals surface area contributed by atoms with Gasteiger partial charge in [0.25, 0.3) is 10.0 Å². The first-order valence-corrected chi connectivity index (χ1v) is 10.3. The third kappa shape index (κ3) is 3.42. The van der Waals surface area contributed by atoms with Crippen LogP contribution in [-0.2, 0) is 21.8 Å². The summed E-state index contributed by atoms with van der Waals surface area (Å²) in [4.78, 5) is 2.34. The molecule has 1 aromatic heterocycles. The molecule has 140 valence electrons. The Morgan fingerprint density at radius 1 is 1.23 bits per heavy atom. The second-order valence-electron chi connectivity index (χ2n) is 7.14. The largest absolute Gasteiger partial charge is 0.371 e. The molecule has 2 aromatic rings. The number of morpholine rings is 1. The fraction of sp³-hybridized carbons (Fsp3) is 0.500. The first kappa shape index (κ1) is 17.7. The Bertz CT molecular complexity index is 881. The Balaban J connectivity index is 1.43. The van der Waals surface area contributed by atoms with Crippen LogP contribution in [0.25, 0.3) is 0 Å². The van der Waals surface area contributed by atoms with Gasteiger partial charge in [0.05, 0.1) is 18.4 Å². The van der Waals surface area contributed by atoms with Crippen molar-refractivity contribution >= 4 is 10.0 Å². The fourth-order valence-electron chi connectivity index (χ4n) is 3.95. The highest BCUT2D eigenvalue weighted by Gasteiger charge is 2.39. The van der Waals surface area contributed by atoms with E-state index in [1.165, 1.54) is 10.2 Å². The van der Waals surface area contributed by atoms with E-state index in [2.05, 4.69) is 26.9 Å². The topological polar surface area (TPSA) is 76.5 Å². The second kappa shape index (κ2) is 6.77. The van der Waals surface area contributed by atoms with Gasteiger partial charge < -0.3 is 4.74 Å². The van der Waals surface area contributed by atoms with E-state index in [9.17, 15) is 8.42 Å². The summed E-state index contributed by atoms with van der Waals surface area (Å²) in [6.07, 6.45) is 0.805. The highest BCUT2D eigenvalue weighted by Crippen LogP contribution is 2.30. The van der Waals surface area contributed by atoms with Gasteiger partial charge in [-0.2, -0.15) is 5.10 Å². The van der Waals surface area contributed by atoms with Crippen LogP contribution in [0, 0.1) is 6.92 Å². The molecule has 2 saturated heterocycles. The van der Waals surface area contributed by atoms with E-state index in [4.69, 9.17) is 4.74 Å². The quantitative estimate of drug-likeness (QED) is 0.868. The molecule has 3 heterocycles. The molecule has 0 radical (unpaired) electrons. The lowest BCUT2D eigenvalue weighted by molar-refractivity contribution is -0.0502. The summed E-state index contributed by atoms with van der Waals surface area (Å²) < 4.78 is 35.7. The molecule has 26 heavy (non-hydrogen) atoms. The maximum atomic E-state index is 12.7. The number of ether oxygens (including phenoxy) is 1. The predicted molar refractivity (Wildman–Crippen MR) is 97.2 cm³/mol. The molecule has 8 heteroatoms. The van der Waals surface area contributed by atoms with Crippen molar-refractivity contribution in [3.63, 3.8) is 0 Å². The number of hydrogen-bond donors (Lipinski definition) is 1. The lowest BCUT2D eigenvalue weighted by atomic mass is 10.1. The van der Waals surface area contributed by atoms with Gasteiger partial charge in [-0.3, -0.25) is 9.58 Å². The van der Waals surface area contributed by atoms with Crippen LogP contribution in [0.4, 0.5) is 0 Å². The lowest BCUT2D eigenvalue weighted by Crippen LogP contribution is -2.43. The Morgan fingerprint density at radius 3 is 2.69 bits per heavy atom. The van der Waals surface area contributed by atoms with Crippen LogP contribution < -0.4 is 4.72 Å². The van der Waals surface area contributed by atoms with Crippen molar-refractivity contribution in [2.24, 2.45) is 7.05 Å². The van der Waals surface area contributed by atoms with Crippen molar-refractivity contribution in [2.75, 3.05) is 19.7 Å². The van der Waals surface area contributed by atoms with Crippen molar-refractivity contribution in [3.8, 4) is 0 Å².